The van der Waals surface area contributed by atoms with Crippen LogP contribution in [0.5, 0.6) is 0 Å². The molecule has 154 valence electrons. The van der Waals surface area contributed by atoms with Crippen molar-refractivity contribution < 1.29 is 14.0 Å². The standard InChI is InChI=1S/C21H19BrFN5O2/c1-27-18-10-15(22)7-5-14(18)6-8-17(20(27)29)26-21(30)28-12-13(11-24-28)9-16-3-2-4-19(23)25-16/h2-5,7,10-12,17H,6,8-9H2,1H3,(H,26,30)/t17-/m0/s1. The Morgan fingerprint density at radius 2 is 2.17 bits per heavy atom. The molecule has 3 heterocycles. The molecule has 1 aliphatic rings. The van der Waals surface area contributed by atoms with Gasteiger partial charge in [-0.3, -0.25) is 4.79 Å². The number of anilines is 1. The van der Waals surface area contributed by atoms with Gasteiger partial charge < -0.3 is 10.2 Å². The summed E-state index contributed by atoms with van der Waals surface area (Å²) in [6, 6.07) is 9.23. The Kier molecular flexibility index (Phi) is 5.63. The van der Waals surface area contributed by atoms with Crippen LogP contribution in [0, 0.1) is 5.95 Å². The lowest BCUT2D eigenvalue weighted by molar-refractivity contribution is -0.120. The highest BCUT2D eigenvalue weighted by atomic mass is 79.9. The van der Waals surface area contributed by atoms with Crippen molar-refractivity contribution in [3.63, 3.8) is 0 Å². The predicted molar refractivity (Wildman–Crippen MR) is 113 cm³/mol. The van der Waals surface area contributed by atoms with Crippen LogP contribution in [0.1, 0.15) is 23.2 Å². The largest absolute Gasteiger partial charge is 0.342 e. The number of aromatic nitrogens is 3. The highest BCUT2D eigenvalue weighted by molar-refractivity contribution is 9.10. The molecule has 1 N–H and O–H groups in total. The van der Waals surface area contributed by atoms with Crippen LogP contribution in [0.4, 0.5) is 14.9 Å². The highest BCUT2D eigenvalue weighted by Crippen LogP contribution is 2.29. The molecular weight excluding hydrogens is 453 g/mol. The smallest absolute Gasteiger partial charge is 0.324 e. The van der Waals surface area contributed by atoms with E-state index in [4.69, 9.17) is 0 Å². The van der Waals surface area contributed by atoms with Gasteiger partial charge in [0.15, 0.2) is 0 Å². The number of hydrogen-bond acceptors (Lipinski definition) is 4. The van der Waals surface area contributed by atoms with E-state index in [2.05, 4.69) is 31.3 Å². The molecule has 3 aromatic rings. The van der Waals surface area contributed by atoms with Crippen LogP contribution in [0.15, 0.2) is 53.3 Å². The monoisotopic (exact) mass is 471 g/mol. The summed E-state index contributed by atoms with van der Waals surface area (Å²) in [6.45, 7) is 0. The Hall–Kier alpha value is -3.07. The van der Waals surface area contributed by atoms with E-state index in [1.165, 1.54) is 12.3 Å². The molecule has 0 saturated carbocycles. The van der Waals surface area contributed by atoms with Crippen molar-refractivity contribution in [2.75, 3.05) is 11.9 Å². The van der Waals surface area contributed by atoms with Crippen LogP contribution in [0.3, 0.4) is 0 Å². The van der Waals surface area contributed by atoms with Gasteiger partial charge in [-0.1, -0.05) is 28.1 Å². The number of fused-ring (bicyclic) bond motifs is 1. The first-order valence-electron chi connectivity index (χ1n) is 9.42. The van der Waals surface area contributed by atoms with E-state index in [9.17, 15) is 14.0 Å². The van der Waals surface area contributed by atoms with E-state index in [0.29, 0.717) is 30.5 Å². The van der Waals surface area contributed by atoms with E-state index in [1.54, 1.807) is 30.3 Å². The van der Waals surface area contributed by atoms with Gasteiger partial charge in [-0.25, -0.2) is 9.78 Å². The Balaban J connectivity index is 1.45. The summed E-state index contributed by atoms with van der Waals surface area (Å²) in [5.41, 5.74) is 3.13. The van der Waals surface area contributed by atoms with E-state index >= 15 is 0 Å². The summed E-state index contributed by atoms with van der Waals surface area (Å²) in [5.74, 6) is -0.738. The van der Waals surface area contributed by atoms with Crippen LogP contribution >= 0.6 is 15.9 Å². The fourth-order valence-corrected chi connectivity index (χ4v) is 3.85. The van der Waals surface area contributed by atoms with Crippen molar-refractivity contribution in [2.45, 2.75) is 25.3 Å². The summed E-state index contributed by atoms with van der Waals surface area (Å²) in [7, 11) is 1.70. The number of halogens is 2. The third-order valence-electron chi connectivity index (χ3n) is 5.04. The third kappa shape index (κ3) is 4.25. The zero-order valence-electron chi connectivity index (χ0n) is 16.2. The second-order valence-electron chi connectivity index (χ2n) is 7.13. The van der Waals surface area contributed by atoms with Crippen molar-refractivity contribution in [1.29, 1.82) is 0 Å². The van der Waals surface area contributed by atoms with Gasteiger partial charge in [-0.15, -0.1) is 0 Å². The minimum absolute atomic E-state index is 0.184. The van der Waals surface area contributed by atoms with Gasteiger partial charge in [0, 0.05) is 35.5 Å². The summed E-state index contributed by atoms with van der Waals surface area (Å²) < 4.78 is 15.3. The first-order chi connectivity index (χ1) is 14.4. The lowest BCUT2D eigenvalue weighted by atomic mass is 10.1. The van der Waals surface area contributed by atoms with Crippen molar-refractivity contribution in [3.05, 3.63) is 76.0 Å². The van der Waals surface area contributed by atoms with Crippen molar-refractivity contribution in [1.82, 2.24) is 20.1 Å². The summed E-state index contributed by atoms with van der Waals surface area (Å²) in [6.07, 6.45) is 4.59. The van der Waals surface area contributed by atoms with E-state index < -0.39 is 18.0 Å². The number of benzene rings is 1. The van der Waals surface area contributed by atoms with Crippen molar-refractivity contribution in [2.24, 2.45) is 0 Å². The first kappa shape index (κ1) is 20.2. The molecule has 30 heavy (non-hydrogen) atoms. The molecule has 0 aliphatic carbocycles. The van der Waals surface area contributed by atoms with Crippen LogP contribution in [-0.2, 0) is 17.6 Å². The summed E-state index contributed by atoms with van der Waals surface area (Å²) in [5, 5.41) is 6.84. The number of amides is 2. The number of carbonyl (C=O) groups excluding carboxylic acids is 2. The molecule has 7 nitrogen and oxygen atoms in total. The Morgan fingerprint density at radius 1 is 1.33 bits per heavy atom. The van der Waals surface area contributed by atoms with Crippen LogP contribution in [-0.4, -0.2) is 39.8 Å². The van der Waals surface area contributed by atoms with Gasteiger partial charge in [0.1, 0.15) is 6.04 Å². The molecule has 1 aromatic carbocycles. The molecule has 1 atom stereocenters. The van der Waals surface area contributed by atoms with Gasteiger partial charge in [0.05, 0.1) is 6.20 Å². The highest BCUT2D eigenvalue weighted by Gasteiger charge is 2.29. The number of aryl methyl sites for hydroxylation is 1. The maximum absolute atomic E-state index is 13.3. The quantitative estimate of drug-likeness (QED) is 0.594. The normalized spacial score (nSPS) is 16.2. The Morgan fingerprint density at radius 3 is 2.97 bits per heavy atom. The SMILES string of the molecule is CN1C(=O)[C@@H](NC(=O)n2cc(Cc3cccc(F)n3)cn2)CCc2ccc(Br)cc21. The fraction of sp³-hybridized carbons (Fsp3) is 0.238. The first-order valence-corrected chi connectivity index (χ1v) is 10.2. The van der Waals surface area contributed by atoms with Gasteiger partial charge in [-0.05, 0) is 48.2 Å². The predicted octanol–water partition coefficient (Wildman–Crippen LogP) is 3.31. The molecule has 0 spiro atoms. The molecule has 0 bridgehead atoms. The molecule has 0 radical (unpaired) electrons. The number of hydrogen-bond donors (Lipinski definition) is 1. The average Bonchev–Trinajstić information content (AvgIpc) is 3.15. The van der Waals surface area contributed by atoms with Crippen molar-refractivity contribution >= 4 is 33.6 Å². The van der Waals surface area contributed by atoms with Crippen molar-refractivity contribution in [3.8, 4) is 0 Å². The van der Waals surface area contributed by atoms with E-state index in [-0.39, 0.29) is 5.91 Å². The van der Waals surface area contributed by atoms with E-state index in [0.717, 1.165) is 20.4 Å². The Labute approximate surface area is 181 Å². The minimum atomic E-state index is -0.661. The molecule has 1 aliphatic heterocycles. The van der Waals surface area contributed by atoms with Crippen LogP contribution < -0.4 is 10.2 Å². The molecule has 9 heteroatoms. The lowest BCUT2D eigenvalue weighted by Crippen LogP contribution is -2.48. The maximum atomic E-state index is 13.3. The van der Waals surface area contributed by atoms with Crippen LogP contribution in [0.2, 0.25) is 0 Å². The topological polar surface area (TPSA) is 80.1 Å². The Bertz CT molecular complexity index is 1120. The van der Waals surface area contributed by atoms with E-state index in [1.807, 2.05) is 18.2 Å². The molecular formula is C21H19BrFN5O2. The maximum Gasteiger partial charge on any atom is 0.342 e. The van der Waals surface area contributed by atoms with Gasteiger partial charge in [0.2, 0.25) is 11.9 Å². The lowest BCUT2D eigenvalue weighted by Gasteiger charge is -2.22. The minimum Gasteiger partial charge on any atom is -0.324 e. The average molecular weight is 472 g/mol. The van der Waals surface area contributed by atoms with Gasteiger partial charge in [0.25, 0.3) is 0 Å². The van der Waals surface area contributed by atoms with Gasteiger partial charge >= 0.3 is 6.03 Å². The molecule has 2 amide bonds. The molecule has 2 aromatic heterocycles. The zero-order chi connectivity index (χ0) is 21.3. The molecule has 0 saturated heterocycles. The number of pyridine rings is 1. The number of nitrogens with one attached hydrogen (secondary N) is 1. The van der Waals surface area contributed by atoms with Gasteiger partial charge in [-0.2, -0.15) is 14.2 Å². The number of likely N-dealkylation sites (N-methyl/N-ethyl adjacent to an activating group) is 1. The zero-order valence-corrected chi connectivity index (χ0v) is 17.8. The summed E-state index contributed by atoms with van der Waals surface area (Å²) >= 11 is 3.43. The van der Waals surface area contributed by atoms with Crippen LogP contribution in [0.25, 0.3) is 0 Å². The second kappa shape index (κ2) is 8.35. The molecule has 0 fully saturated rings. The number of nitrogens with zero attached hydrogens (tertiary/aromatic N) is 4. The molecule has 0 unspecified atom stereocenters. The number of rotatable bonds is 3. The second-order valence-corrected chi connectivity index (χ2v) is 8.05. The fourth-order valence-electron chi connectivity index (χ4n) is 3.51. The third-order valence-corrected chi connectivity index (χ3v) is 5.53. The molecule has 4 rings (SSSR count). The number of carbonyl (C=O) groups is 2. The summed E-state index contributed by atoms with van der Waals surface area (Å²) in [4.78, 5) is 30.9.